The maximum atomic E-state index is 10.6. The molecule has 8 heterocycles. The number of hydrogen-bond acceptors (Lipinski definition) is 10. The van der Waals surface area contributed by atoms with Gasteiger partial charge in [-0.1, -0.05) is 42.7 Å². The molecule has 0 amide bonds. The molecule has 6 aromatic heterocycles. The molecule has 1 radical (unpaired) electrons. The molecule has 285 valence electrons. The van der Waals surface area contributed by atoms with Crippen molar-refractivity contribution >= 4 is 57.2 Å². The van der Waals surface area contributed by atoms with E-state index in [1.54, 1.807) is 7.28 Å². The van der Waals surface area contributed by atoms with Crippen molar-refractivity contribution in [2.75, 3.05) is 26.2 Å². The zero-order valence-corrected chi connectivity index (χ0v) is 32.0. The molecule has 2 N–H and O–H groups in total. The molecule has 0 atom stereocenters. The molecule has 8 aromatic rings. The predicted molar refractivity (Wildman–Crippen MR) is 227 cm³/mol. The number of carbonyl (C=O) groups is 1. The second-order valence-electron chi connectivity index (χ2n) is 15.4. The highest BCUT2D eigenvalue weighted by Crippen LogP contribution is 2.33. The summed E-state index contributed by atoms with van der Waals surface area (Å²) in [4.78, 5) is 34.2. The van der Waals surface area contributed by atoms with E-state index in [0.717, 1.165) is 155 Å². The standard InChI is InChI=1S/C24H23BN3O2.C22H22N4O/c29-16-25-12-17-7-9-28(10-8-17)15-20-6-5-19-13-26-14-21(24(19)27-20)23-11-18-3-1-2-4-22(18)30-23;23-17-7-9-26(10-8-17)14-18-6-5-16-12-24-13-19(22(16)25-18)21-11-15-3-1-2-4-20(15)27-21/h1-6,11,13-14,16-17H,7-10,12,15H2;1-6,11-13,17H,7-10,14,23H2. The van der Waals surface area contributed by atoms with Gasteiger partial charge in [-0.2, -0.15) is 0 Å². The van der Waals surface area contributed by atoms with E-state index in [2.05, 4.69) is 68.3 Å². The quantitative estimate of drug-likeness (QED) is 0.113. The number of piperidine rings is 2. The summed E-state index contributed by atoms with van der Waals surface area (Å²) in [7, 11) is 1.75. The normalized spacial score (nSPS) is 15.9. The number of pyridine rings is 4. The smallest absolute Gasteiger partial charge is 0.197 e. The van der Waals surface area contributed by atoms with Gasteiger partial charge < -0.3 is 19.4 Å². The van der Waals surface area contributed by atoms with Crippen LogP contribution in [0.2, 0.25) is 6.32 Å². The van der Waals surface area contributed by atoms with Gasteiger partial charge >= 0.3 is 0 Å². The van der Waals surface area contributed by atoms with Crippen LogP contribution in [-0.2, 0) is 17.9 Å². The highest BCUT2D eigenvalue weighted by molar-refractivity contribution is 6.66. The summed E-state index contributed by atoms with van der Waals surface area (Å²) in [6.45, 7) is 5.85. The Morgan fingerprint density at radius 3 is 1.61 bits per heavy atom. The Labute approximate surface area is 332 Å². The van der Waals surface area contributed by atoms with Crippen LogP contribution in [0.4, 0.5) is 0 Å². The number of likely N-dealkylation sites (tertiary alicyclic amines) is 2. The Morgan fingerprint density at radius 1 is 0.632 bits per heavy atom. The van der Waals surface area contributed by atoms with Crippen molar-refractivity contribution in [1.82, 2.24) is 29.7 Å². The van der Waals surface area contributed by atoms with Crippen LogP contribution >= 0.6 is 0 Å². The van der Waals surface area contributed by atoms with Gasteiger partial charge in [0.1, 0.15) is 22.7 Å². The average molecular weight is 755 g/mol. The van der Waals surface area contributed by atoms with Gasteiger partial charge in [-0.25, -0.2) is 0 Å². The van der Waals surface area contributed by atoms with E-state index < -0.39 is 0 Å². The largest absolute Gasteiger partial charge is 0.456 e. The molecule has 0 unspecified atom stereocenters. The lowest BCUT2D eigenvalue weighted by molar-refractivity contribution is 0.183. The molecule has 0 bridgehead atoms. The first kappa shape index (κ1) is 36.9. The van der Waals surface area contributed by atoms with Gasteiger partial charge in [-0.15, -0.1) is 0 Å². The fourth-order valence-corrected chi connectivity index (χ4v) is 8.13. The van der Waals surface area contributed by atoms with Crippen LogP contribution in [0.1, 0.15) is 37.1 Å². The number of benzene rings is 2. The molecule has 0 saturated carbocycles. The maximum Gasteiger partial charge on any atom is 0.197 e. The number of rotatable bonds is 9. The van der Waals surface area contributed by atoms with Crippen molar-refractivity contribution in [3.63, 3.8) is 0 Å². The van der Waals surface area contributed by atoms with E-state index in [-0.39, 0.29) is 0 Å². The van der Waals surface area contributed by atoms with Crippen LogP contribution in [0, 0.1) is 5.92 Å². The number of hydrogen-bond donors (Lipinski definition) is 1. The van der Waals surface area contributed by atoms with Gasteiger partial charge in [0.05, 0.1) is 39.7 Å². The summed E-state index contributed by atoms with van der Waals surface area (Å²) in [5.74, 6) is 2.23. The van der Waals surface area contributed by atoms with Crippen molar-refractivity contribution < 1.29 is 13.6 Å². The Hall–Kier alpha value is -5.75. The molecular formula is C46H45BN7O3. The van der Waals surface area contributed by atoms with Crippen molar-refractivity contribution in [2.45, 2.75) is 51.1 Å². The van der Waals surface area contributed by atoms with Crippen molar-refractivity contribution in [2.24, 2.45) is 11.7 Å². The fraction of sp³-hybridized carbons (Fsp3) is 0.283. The second kappa shape index (κ2) is 16.8. The van der Waals surface area contributed by atoms with Gasteiger partial charge in [0.15, 0.2) is 7.28 Å². The van der Waals surface area contributed by atoms with Crippen LogP contribution in [-0.4, -0.2) is 75.4 Å². The van der Waals surface area contributed by atoms with Crippen molar-refractivity contribution in [3.05, 3.63) is 121 Å². The minimum Gasteiger partial charge on any atom is -0.456 e. The summed E-state index contributed by atoms with van der Waals surface area (Å²) in [5.41, 5.74) is 13.6. The van der Waals surface area contributed by atoms with E-state index >= 15 is 0 Å². The number of nitrogens with two attached hydrogens (primary N) is 1. The zero-order chi connectivity index (χ0) is 38.6. The minimum atomic E-state index is 0.344. The maximum absolute atomic E-state index is 10.6. The van der Waals surface area contributed by atoms with E-state index in [1.807, 2.05) is 61.2 Å². The van der Waals surface area contributed by atoms with Crippen LogP contribution in [0.15, 0.2) is 119 Å². The molecule has 0 spiro atoms. The fourth-order valence-electron chi connectivity index (χ4n) is 8.13. The van der Waals surface area contributed by atoms with Gasteiger partial charge in [0.2, 0.25) is 0 Å². The summed E-state index contributed by atoms with van der Waals surface area (Å²) < 4.78 is 12.1. The molecule has 0 aliphatic carbocycles. The monoisotopic (exact) mass is 754 g/mol. The zero-order valence-electron chi connectivity index (χ0n) is 32.0. The average Bonchev–Trinajstić information content (AvgIpc) is 3.89. The Morgan fingerprint density at radius 2 is 1.12 bits per heavy atom. The number of para-hydroxylation sites is 2. The van der Waals surface area contributed by atoms with Crippen LogP contribution in [0.25, 0.3) is 66.4 Å². The lowest BCUT2D eigenvalue weighted by Crippen LogP contribution is -2.39. The minimum absolute atomic E-state index is 0.344. The molecule has 2 aliphatic heterocycles. The van der Waals surface area contributed by atoms with Gasteiger partial charge in [0, 0.05) is 78.6 Å². The number of fused-ring (bicyclic) bond motifs is 4. The van der Waals surface area contributed by atoms with Gasteiger partial charge in [-0.3, -0.25) is 29.7 Å². The molecule has 10 nitrogen and oxygen atoms in total. The summed E-state index contributed by atoms with van der Waals surface area (Å²) in [6.07, 6.45) is 13.6. The number of furan rings is 2. The first-order valence-electron chi connectivity index (χ1n) is 20.0. The van der Waals surface area contributed by atoms with E-state index in [1.165, 1.54) is 0 Å². The van der Waals surface area contributed by atoms with E-state index in [4.69, 9.17) is 24.5 Å². The summed E-state index contributed by atoms with van der Waals surface area (Å²) in [6, 6.07) is 28.9. The van der Waals surface area contributed by atoms with E-state index in [0.29, 0.717) is 12.0 Å². The third kappa shape index (κ3) is 8.37. The lowest BCUT2D eigenvalue weighted by Gasteiger charge is -2.31. The predicted octanol–water partition coefficient (Wildman–Crippen LogP) is 8.53. The Bertz CT molecular complexity index is 2580. The molecule has 2 fully saturated rings. The summed E-state index contributed by atoms with van der Waals surface area (Å²) in [5, 5.41) is 4.21. The highest BCUT2D eigenvalue weighted by atomic mass is 16.3. The van der Waals surface area contributed by atoms with Crippen LogP contribution < -0.4 is 5.73 Å². The molecule has 2 aromatic carbocycles. The number of aromatic nitrogens is 4. The number of carbonyl (C=O) groups excluding carboxylic acids is 1. The second-order valence-corrected chi connectivity index (χ2v) is 15.4. The molecule has 11 heteroatoms. The van der Waals surface area contributed by atoms with Crippen LogP contribution in [0.3, 0.4) is 0 Å². The SMILES string of the molecule is NC1CCN(Cc2ccc3cncc(-c4cc5ccccc5o4)c3n2)CC1.O=C[B]CC1CCN(Cc2ccc3cncc(-c4cc5ccccc5o4)c3n2)CC1. The Kier molecular flexibility index (Phi) is 10.8. The first-order chi connectivity index (χ1) is 28.1. The lowest BCUT2D eigenvalue weighted by atomic mass is 9.69. The topological polar surface area (TPSA) is 127 Å². The molecule has 2 saturated heterocycles. The van der Waals surface area contributed by atoms with Gasteiger partial charge in [0.25, 0.3) is 0 Å². The molecule has 57 heavy (non-hydrogen) atoms. The first-order valence-corrected chi connectivity index (χ1v) is 20.0. The molecule has 10 rings (SSSR count). The third-order valence-electron chi connectivity index (χ3n) is 11.4. The van der Waals surface area contributed by atoms with Gasteiger partial charge in [-0.05, 0) is 93.2 Å². The number of nitrogens with zero attached hydrogens (tertiary/aromatic N) is 6. The Balaban J connectivity index is 0.000000149. The summed E-state index contributed by atoms with van der Waals surface area (Å²) >= 11 is 0. The van der Waals surface area contributed by atoms with Crippen molar-refractivity contribution in [3.8, 4) is 22.6 Å². The molecular weight excluding hydrogens is 709 g/mol. The highest BCUT2D eigenvalue weighted by Gasteiger charge is 2.21. The third-order valence-corrected chi connectivity index (χ3v) is 11.4. The molecule has 2 aliphatic rings. The van der Waals surface area contributed by atoms with E-state index in [9.17, 15) is 4.79 Å². The van der Waals surface area contributed by atoms with Crippen LogP contribution in [0.5, 0.6) is 0 Å². The van der Waals surface area contributed by atoms with Crippen molar-refractivity contribution in [1.29, 1.82) is 0 Å².